The van der Waals surface area contributed by atoms with E-state index in [-0.39, 0.29) is 12.0 Å². The van der Waals surface area contributed by atoms with E-state index in [9.17, 15) is 9.59 Å². The van der Waals surface area contributed by atoms with Gasteiger partial charge in [0.25, 0.3) is 5.56 Å². The second-order valence-electron chi connectivity index (χ2n) is 3.17. The van der Waals surface area contributed by atoms with E-state index in [1.807, 2.05) is 29.5 Å². The summed E-state index contributed by atoms with van der Waals surface area (Å²) in [5.74, 6) is -0.154. The van der Waals surface area contributed by atoms with Gasteiger partial charge in [-0.05, 0) is 29.0 Å². The first kappa shape index (κ1) is 12.2. The molecule has 82 valence electrons. The molecular weight excluding hydrogens is 309 g/mol. The molecule has 6 heteroatoms. The third-order valence-corrected chi connectivity index (χ3v) is 2.92. The minimum atomic E-state index is -0.498. The summed E-state index contributed by atoms with van der Waals surface area (Å²) in [5.41, 5.74) is 5.56. The number of nitrogens with one attached hydrogen (secondary N) is 1. The molecule has 1 amide bonds. The van der Waals surface area contributed by atoms with Gasteiger partial charge in [-0.25, -0.2) is 4.98 Å². The fourth-order valence-electron chi connectivity index (χ4n) is 1.21. The Bertz CT molecular complexity index is 428. The molecule has 0 unspecified atom stereocenters. The maximum Gasteiger partial charge on any atom is 0.264 e. The number of amides is 1. The van der Waals surface area contributed by atoms with Crippen LogP contribution in [0.2, 0.25) is 0 Å². The van der Waals surface area contributed by atoms with Gasteiger partial charge in [0.15, 0.2) is 0 Å². The number of halogens is 1. The number of primary amides is 1. The average molecular weight is 321 g/mol. The Morgan fingerprint density at radius 1 is 1.60 bits per heavy atom. The summed E-state index contributed by atoms with van der Waals surface area (Å²) in [6.45, 7) is 2.01. The quantitative estimate of drug-likeness (QED) is 0.785. The lowest BCUT2D eigenvalue weighted by Crippen LogP contribution is -2.22. The number of nitrogens with zero attached hydrogens (tertiary/aromatic N) is 1. The molecule has 0 atom stereocenters. The van der Waals surface area contributed by atoms with Crippen LogP contribution in [0.1, 0.15) is 24.9 Å². The summed E-state index contributed by atoms with van der Waals surface area (Å²) < 4.78 is 0.586. The lowest BCUT2D eigenvalue weighted by Gasteiger charge is -2.04. The summed E-state index contributed by atoms with van der Waals surface area (Å²) in [4.78, 5) is 28.9. The van der Waals surface area contributed by atoms with Crippen molar-refractivity contribution in [3.63, 3.8) is 0 Å². The Kier molecular flexibility index (Phi) is 4.25. The molecule has 0 saturated carbocycles. The van der Waals surface area contributed by atoms with Crippen molar-refractivity contribution < 1.29 is 4.79 Å². The number of aryl methyl sites for hydroxylation is 1. The molecule has 1 aromatic heterocycles. The first-order valence-corrected chi connectivity index (χ1v) is 5.68. The van der Waals surface area contributed by atoms with E-state index in [4.69, 9.17) is 5.73 Å². The second-order valence-corrected chi connectivity index (χ2v) is 4.25. The predicted octanol–water partition coefficient (Wildman–Crippen LogP) is 0.355. The average Bonchev–Trinajstić information content (AvgIpc) is 2.12. The molecule has 3 N–H and O–H groups in total. The Balaban J connectivity index is 3.11. The molecule has 0 bridgehead atoms. The van der Waals surface area contributed by atoms with Crippen molar-refractivity contribution in [1.82, 2.24) is 9.97 Å². The summed E-state index contributed by atoms with van der Waals surface area (Å²) >= 11 is 1.96. The van der Waals surface area contributed by atoms with Gasteiger partial charge in [-0.2, -0.15) is 0 Å². The second kappa shape index (κ2) is 5.24. The van der Waals surface area contributed by atoms with Crippen molar-refractivity contribution in [2.24, 2.45) is 5.73 Å². The number of H-pyrrole nitrogens is 1. The molecule has 0 aromatic carbocycles. The van der Waals surface area contributed by atoms with Crippen molar-refractivity contribution in [1.29, 1.82) is 0 Å². The molecule has 1 heterocycles. The van der Waals surface area contributed by atoms with Crippen molar-refractivity contribution in [3.05, 3.63) is 25.4 Å². The summed E-state index contributed by atoms with van der Waals surface area (Å²) in [6.07, 6.45) is 1.61. The van der Waals surface area contributed by atoms with Crippen LogP contribution in [0.4, 0.5) is 0 Å². The number of carbonyl (C=O) groups excluding carboxylic acids is 1. The van der Waals surface area contributed by atoms with Crippen molar-refractivity contribution >= 4 is 28.5 Å². The smallest absolute Gasteiger partial charge is 0.264 e. The van der Waals surface area contributed by atoms with Crippen LogP contribution in [0.5, 0.6) is 0 Å². The van der Waals surface area contributed by atoms with Crippen LogP contribution < -0.4 is 11.3 Å². The highest BCUT2D eigenvalue weighted by atomic mass is 127. The van der Waals surface area contributed by atoms with Crippen molar-refractivity contribution in [2.75, 3.05) is 0 Å². The van der Waals surface area contributed by atoms with E-state index >= 15 is 0 Å². The molecule has 1 rings (SSSR count). The van der Waals surface area contributed by atoms with E-state index in [0.717, 1.165) is 18.5 Å². The molecule has 0 aliphatic carbocycles. The van der Waals surface area contributed by atoms with Crippen molar-refractivity contribution in [3.8, 4) is 0 Å². The van der Waals surface area contributed by atoms with Crippen LogP contribution in [0, 0.1) is 3.57 Å². The van der Waals surface area contributed by atoms with Gasteiger partial charge in [0.05, 0.1) is 15.7 Å². The van der Waals surface area contributed by atoms with Gasteiger partial charge in [0.2, 0.25) is 5.91 Å². The fourth-order valence-corrected chi connectivity index (χ4v) is 1.73. The molecule has 15 heavy (non-hydrogen) atoms. The van der Waals surface area contributed by atoms with Gasteiger partial charge in [-0.15, -0.1) is 0 Å². The largest absolute Gasteiger partial charge is 0.369 e. The van der Waals surface area contributed by atoms with E-state index < -0.39 is 5.91 Å². The topological polar surface area (TPSA) is 88.8 Å². The Labute approximate surface area is 101 Å². The molecule has 0 radical (unpaired) electrons. The Morgan fingerprint density at radius 3 is 2.80 bits per heavy atom. The minimum absolute atomic E-state index is 0.0249. The number of carbonyl (C=O) groups is 1. The highest BCUT2D eigenvalue weighted by Gasteiger charge is 2.09. The van der Waals surface area contributed by atoms with Crippen LogP contribution in [0.3, 0.4) is 0 Å². The monoisotopic (exact) mass is 321 g/mol. The zero-order valence-electron chi connectivity index (χ0n) is 8.34. The summed E-state index contributed by atoms with van der Waals surface area (Å²) in [7, 11) is 0. The van der Waals surface area contributed by atoms with Crippen LogP contribution in [-0.4, -0.2) is 15.9 Å². The molecule has 0 saturated heterocycles. The van der Waals surface area contributed by atoms with Gasteiger partial charge in [0.1, 0.15) is 5.82 Å². The molecule has 0 spiro atoms. The first-order valence-electron chi connectivity index (χ1n) is 4.60. The zero-order chi connectivity index (χ0) is 11.4. The fraction of sp³-hybridized carbons (Fsp3) is 0.444. The lowest BCUT2D eigenvalue weighted by molar-refractivity contribution is -0.117. The summed E-state index contributed by atoms with van der Waals surface area (Å²) in [5, 5.41) is 0. The highest BCUT2D eigenvalue weighted by Crippen LogP contribution is 2.07. The molecule has 0 aliphatic rings. The first-order chi connectivity index (χ1) is 7.04. The normalized spacial score (nSPS) is 10.3. The van der Waals surface area contributed by atoms with Crippen LogP contribution in [-0.2, 0) is 17.6 Å². The van der Waals surface area contributed by atoms with E-state index in [1.165, 1.54) is 0 Å². The van der Waals surface area contributed by atoms with Crippen LogP contribution in [0.25, 0.3) is 0 Å². The van der Waals surface area contributed by atoms with Gasteiger partial charge in [-0.1, -0.05) is 13.3 Å². The van der Waals surface area contributed by atoms with Gasteiger partial charge < -0.3 is 10.7 Å². The Morgan fingerprint density at radius 2 is 2.27 bits per heavy atom. The maximum atomic E-state index is 11.5. The van der Waals surface area contributed by atoms with E-state index in [1.54, 1.807) is 0 Å². The summed E-state index contributed by atoms with van der Waals surface area (Å²) in [6, 6.07) is 0. The van der Waals surface area contributed by atoms with Crippen LogP contribution >= 0.6 is 22.6 Å². The molecule has 0 fully saturated rings. The van der Waals surface area contributed by atoms with E-state index in [2.05, 4.69) is 9.97 Å². The lowest BCUT2D eigenvalue weighted by atomic mass is 10.2. The van der Waals surface area contributed by atoms with Crippen LogP contribution in [0.15, 0.2) is 4.79 Å². The minimum Gasteiger partial charge on any atom is -0.369 e. The molecular formula is C9H12IN3O2. The van der Waals surface area contributed by atoms with Crippen molar-refractivity contribution in [2.45, 2.75) is 26.2 Å². The van der Waals surface area contributed by atoms with Gasteiger partial charge >= 0.3 is 0 Å². The number of hydrogen-bond acceptors (Lipinski definition) is 3. The van der Waals surface area contributed by atoms with E-state index in [0.29, 0.717) is 9.39 Å². The number of nitrogens with two attached hydrogens (primary N) is 1. The Hall–Kier alpha value is -0.920. The zero-order valence-corrected chi connectivity index (χ0v) is 10.5. The standard InChI is InChI=1S/C9H12IN3O2/c1-2-3-5-8(10)9(15)13-7(12-5)4-6(11)14/h2-4H2,1H3,(H2,11,14)(H,12,13,15). The number of aromatic nitrogens is 2. The highest BCUT2D eigenvalue weighted by molar-refractivity contribution is 14.1. The third-order valence-electron chi connectivity index (χ3n) is 1.81. The predicted molar refractivity (Wildman–Crippen MR) is 64.5 cm³/mol. The molecule has 1 aromatic rings. The molecule has 0 aliphatic heterocycles. The SMILES string of the molecule is CCCc1nc(CC(N)=O)[nH]c(=O)c1I. The van der Waals surface area contributed by atoms with Gasteiger partial charge in [-0.3, -0.25) is 9.59 Å². The maximum absolute atomic E-state index is 11.5. The number of aromatic amines is 1. The third kappa shape index (κ3) is 3.29. The number of hydrogen-bond donors (Lipinski definition) is 2. The van der Waals surface area contributed by atoms with Gasteiger partial charge in [0, 0.05) is 0 Å². The number of rotatable bonds is 4. The molecule has 5 nitrogen and oxygen atoms in total.